The van der Waals surface area contributed by atoms with Crippen LogP contribution in [-0.2, 0) is 32.4 Å². The van der Waals surface area contributed by atoms with Gasteiger partial charge in [0.2, 0.25) is 15.5 Å². The van der Waals surface area contributed by atoms with E-state index in [0.717, 1.165) is 74.6 Å². The summed E-state index contributed by atoms with van der Waals surface area (Å²) in [5.41, 5.74) is 5.82. The van der Waals surface area contributed by atoms with Gasteiger partial charge in [0.1, 0.15) is 11.4 Å². The van der Waals surface area contributed by atoms with E-state index in [1.807, 2.05) is 13.0 Å². The van der Waals surface area contributed by atoms with E-state index in [1.54, 1.807) is 25.1 Å². The average Bonchev–Trinajstić information content (AvgIpc) is 3.13. The highest BCUT2D eigenvalue weighted by atomic mass is 32.2. The topological polar surface area (TPSA) is 115 Å². The number of nitrogens with zero attached hydrogens (tertiary/aromatic N) is 3. The van der Waals surface area contributed by atoms with Crippen molar-refractivity contribution in [3.8, 4) is 11.1 Å². The Balaban J connectivity index is 1.34. The predicted octanol–water partition coefficient (Wildman–Crippen LogP) is 5.20. The molecule has 1 aromatic heterocycles. The Hall–Kier alpha value is -4.29. The van der Waals surface area contributed by atoms with Crippen LogP contribution in [0.4, 0.5) is 5.69 Å². The van der Waals surface area contributed by atoms with Crippen molar-refractivity contribution in [3.05, 3.63) is 112 Å². The number of hydrogen-bond donors (Lipinski definition) is 1. The van der Waals surface area contributed by atoms with Crippen molar-refractivity contribution in [2.45, 2.75) is 62.5 Å². The maximum atomic E-state index is 14.1. The first kappa shape index (κ1) is 35.5. The highest BCUT2D eigenvalue weighted by Crippen LogP contribution is 2.34. The minimum Gasteiger partial charge on any atom is -0.618 e. The Bertz CT molecular complexity index is 1910. The molecule has 2 aliphatic rings. The van der Waals surface area contributed by atoms with Gasteiger partial charge in [-0.3, -0.25) is 9.69 Å². The van der Waals surface area contributed by atoms with E-state index < -0.39 is 9.84 Å². The number of ether oxygens (including phenoxy) is 2. The second-order valence-corrected chi connectivity index (χ2v) is 15.0. The summed E-state index contributed by atoms with van der Waals surface area (Å²) < 4.78 is 39.1. The van der Waals surface area contributed by atoms with Crippen molar-refractivity contribution in [2.24, 2.45) is 0 Å². The van der Waals surface area contributed by atoms with Crippen LogP contribution in [0.2, 0.25) is 0 Å². The fourth-order valence-electron chi connectivity index (χ4n) is 6.92. The quantitative estimate of drug-likeness (QED) is 0.168. The SMILES string of the molecule is CCN(c1cc(-c2ccc(CN3CCOCC3)cc2)cc(C(=O)NCc2c(S(=O)(=O)c3ccccc3)cc(C)c[n+]2[O-])c1C)C1CCOCC1. The summed E-state index contributed by atoms with van der Waals surface area (Å²) in [6.45, 7) is 11.8. The number of amides is 1. The molecule has 0 aliphatic carbocycles. The lowest BCUT2D eigenvalue weighted by Gasteiger charge is -2.37. The molecular weight excluding hydrogens is 653 g/mol. The maximum absolute atomic E-state index is 14.1. The van der Waals surface area contributed by atoms with Crippen LogP contribution in [0.15, 0.2) is 88.8 Å². The third-order valence-corrected chi connectivity index (χ3v) is 11.5. The zero-order valence-corrected chi connectivity index (χ0v) is 29.9. The molecule has 0 bridgehead atoms. The molecule has 2 fully saturated rings. The lowest BCUT2D eigenvalue weighted by Crippen LogP contribution is -2.40. The molecular formula is C39H46N4O6S. The lowest BCUT2D eigenvalue weighted by atomic mass is 9.94. The Labute approximate surface area is 295 Å². The molecule has 264 valence electrons. The van der Waals surface area contributed by atoms with E-state index in [4.69, 9.17) is 9.47 Å². The predicted molar refractivity (Wildman–Crippen MR) is 193 cm³/mol. The number of aromatic nitrogens is 1. The molecule has 3 heterocycles. The molecule has 0 atom stereocenters. The van der Waals surface area contributed by atoms with Crippen LogP contribution in [0.1, 0.15) is 52.5 Å². The number of carbonyl (C=O) groups excluding carboxylic acids is 1. The molecule has 2 aliphatic heterocycles. The van der Waals surface area contributed by atoms with Crippen LogP contribution in [0.3, 0.4) is 0 Å². The smallest absolute Gasteiger partial charge is 0.252 e. The summed E-state index contributed by atoms with van der Waals surface area (Å²) in [4.78, 5) is 18.8. The number of aryl methyl sites for hydroxylation is 1. The van der Waals surface area contributed by atoms with Crippen LogP contribution >= 0.6 is 0 Å². The van der Waals surface area contributed by atoms with Crippen LogP contribution in [0.25, 0.3) is 11.1 Å². The lowest BCUT2D eigenvalue weighted by molar-refractivity contribution is -0.617. The Morgan fingerprint density at radius 1 is 0.940 bits per heavy atom. The standard InChI is InChI=1S/C39H46N4O6S/c1-4-42(33-14-18-48-19-15-33)36-24-32(31-12-10-30(11-13-31)27-41-16-20-49-21-17-41)23-35(29(36)3)39(44)40-25-37-38(22-28(2)26-43(37)45)50(46,47)34-8-6-5-7-9-34/h5-13,22-24,26,33H,4,14-21,25,27H2,1-3H3,(H,40,44). The second-order valence-electron chi connectivity index (χ2n) is 13.0. The summed E-state index contributed by atoms with van der Waals surface area (Å²) in [6, 6.07) is 22.3. The number of anilines is 1. The van der Waals surface area contributed by atoms with Crippen LogP contribution in [0.5, 0.6) is 0 Å². The molecule has 50 heavy (non-hydrogen) atoms. The normalized spacial score (nSPS) is 15.9. The molecule has 11 heteroatoms. The molecule has 0 radical (unpaired) electrons. The van der Waals surface area contributed by atoms with Crippen LogP contribution < -0.4 is 14.9 Å². The maximum Gasteiger partial charge on any atom is 0.252 e. The van der Waals surface area contributed by atoms with Crippen LogP contribution in [-0.4, -0.2) is 71.3 Å². The highest BCUT2D eigenvalue weighted by molar-refractivity contribution is 7.91. The summed E-state index contributed by atoms with van der Waals surface area (Å²) in [5, 5.41) is 16.1. The van der Waals surface area contributed by atoms with Crippen LogP contribution in [0, 0.1) is 19.1 Å². The van der Waals surface area contributed by atoms with E-state index in [2.05, 4.69) is 52.4 Å². The van der Waals surface area contributed by atoms with Crippen molar-refractivity contribution < 1.29 is 27.4 Å². The summed E-state index contributed by atoms with van der Waals surface area (Å²) in [7, 11) is -4.02. The third-order valence-electron chi connectivity index (χ3n) is 9.69. The van der Waals surface area contributed by atoms with Gasteiger partial charge in [-0.25, -0.2) is 8.42 Å². The fourth-order valence-corrected chi connectivity index (χ4v) is 8.51. The molecule has 4 aromatic rings. The van der Waals surface area contributed by atoms with E-state index in [1.165, 1.54) is 30.0 Å². The molecule has 3 aromatic carbocycles. The fraction of sp³-hybridized carbons (Fsp3) is 0.385. The molecule has 10 nitrogen and oxygen atoms in total. The number of carbonyl (C=O) groups is 1. The number of hydrogen-bond acceptors (Lipinski definition) is 8. The molecule has 1 N–H and O–H groups in total. The second kappa shape index (κ2) is 15.7. The summed E-state index contributed by atoms with van der Waals surface area (Å²) in [6.07, 6.45) is 3.11. The zero-order valence-electron chi connectivity index (χ0n) is 29.1. The van der Waals surface area contributed by atoms with Gasteiger partial charge in [0, 0.05) is 62.2 Å². The molecule has 0 spiro atoms. The Morgan fingerprint density at radius 2 is 1.62 bits per heavy atom. The van der Waals surface area contributed by atoms with Gasteiger partial charge in [-0.2, -0.15) is 4.73 Å². The minimum absolute atomic E-state index is 0.0462. The van der Waals surface area contributed by atoms with Gasteiger partial charge in [0.25, 0.3) is 5.91 Å². The van der Waals surface area contributed by atoms with E-state index in [-0.39, 0.29) is 34.0 Å². The van der Waals surface area contributed by atoms with Gasteiger partial charge < -0.3 is 24.9 Å². The summed E-state index contributed by atoms with van der Waals surface area (Å²) >= 11 is 0. The molecule has 6 rings (SSSR count). The number of morpholine rings is 1. The first-order valence-electron chi connectivity index (χ1n) is 17.3. The first-order valence-corrected chi connectivity index (χ1v) is 18.8. The van der Waals surface area contributed by atoms with Crippen molar-refractivity contribution in [2.75, 3.05) is 51.0 Å². The third kappa shape index (κ3) is 7.86. The van der Waals surface area contributed by atoms with E-state index >= 15 is 0 Å². The number of pyridine rings is 1. The van der Waals surface area contributed by atoms with Gasteiger partial charge in [-0.15, -0.1) is 0 Å². The number of nitrogens with one attached hydrogen (secondary N) is 1. The Morgan fingerprint density at radius 3 is 2.30 bits per heavy atom. The van der Waals surface area contributed by atoms with Crippen molar-refractivity contribution in [1.82, 2.24) is 10.2 Å². The number of rotatable bonds is 11. The summed E-state index contributed by atoms with van der Waals surface area (Å²) in [5.74, 6) is -0.388. The number of sulfone groups is 1. The van der Waals surface area contributed by atoms with Gasteiger partial charge >= 0.3 is 0 Å². The Kier molecular flexibility index (Phi) is 11.2. The largest absolute Gasteiger partial charge is 0.618 e. The first-order chi connectivity index (χ1) is 24.2. The minimum atomic E-state index is -4.02. The number of benzene rings is 3. The monoisotopic (exact) mass is 698 g/mol. The molecule has 0 unspecified atom stereocenters. The van der Waals surface area contributed by atoms with E-state index in [9.17, 15) is 18.4 Å². The van der Waals surface area contributed by atoms with Gasteiger partial charge in [-0.1, -0.05) is 42.5 Å². The zero-order chi connectivity index (χ0) is 35.3. The van der Waals surface area contributed by atoms with Gasteiger partial charge in [0.05, 0.1) is 18.1 Å². The van der Waals surface area contributed by atoms with Crippen molar-refractivity contribution >= 4 is 21.4 Å². The highest BCUT2D eigenvalue weighted by Gasteiger charge is 2.29. The van der Waals surface area contributed by atoms with E-state index in [0.29, 0.717) is 29.1 Å². The average molecular weight is 699 g/mol. The van der Waals surface area contributed by atoms with Crippen molar-refractivity contribution in [3.63, 3.8) is 0 Å². The molecule has 2 saturated heterocycles. The van der Waals surface area contributed by atoms with Gasteiger partial charge in [0.15, 0.2) is 6.20 Å². The van der Waals surface area contributed by atoms with Crippen molar-refractivity contribution in [1.29, 1.82) is 0 Å². The van der Waals surface area contributed by atoms with Gasteiger partial charge in [-0.05, 0) is 86.2 Å². The molecule has 0 saturated carbocycles. The molecule has 1 amide bonds.